The molecule has 0 atom stereocenters. The molecule has 2 rings (SSSR count). The Bertz CT molecular complexity index is 710. The normalized spacial score (nSPS) is 11.0. The van der Waals surface area contributed by atoms with Crippen LogP contribution in [0, 0.1) is 11.6 Å². The maximum Gasteiger partial charge on any atom is 0.355 e. The Morgan fingerprint density at radius 2 is 1.68 bits per heavy atom. The number of halogens is 2. The molecule has 2 aromatic rings. The summed E-state index contributed by atoms with van der Waals surface area (Å²) in [6, 6.07) is 5.85. The molecule has 25 heavy (non-hydrogen) atoms. The Morgan fingerprint density at radius 3 is 2.28 bits per heavy atom. The molecule has 0 aliphatic carbocycles. The van der Waals surface area contributed by atoms with E-state index in [4.69, 9.17) is 5.11 Å². The number of hydrogen-bond acceptors (Lipinski definition) is 1. The molecule has 0 unspecified atom stereocenters. The van der Waals surface area contributed by atoms with Crippen LogP contribution in [0.5, 0.6) is 0 Å². The summed E-state index contributed by atoms with van der Waals surface area (Å²) in [5.74, 6) is -2.77. The molecule has 136 valence electrons. The third-order valence-electron chi connectivity index (χ3n) is 4.38. The predicted octanol–water partition coefficient (Wildman–Crippen LogP) is 5.95. The zero-order chi connectivity index (χ0) is 18.2. The number of aromatic nitrogens is 1. The van der Waals surface area contributed by atoms with Gasteiger partial charge in [0.15, 0.2) is 11.5 Å². The molecule has 1 aromatic heterocycles. The number of nitrogens with one attached hydrogen (secondary N) is 1. The van der Waals surface area contributed by atoms with E-state index in [2.05, 4.69) is 11.9 Å². The van der Waals surface area contributed by atoms with Gasteiger partial charge in [-0.1, -0.05) is 51.5 Å². The molecule has 0 radical (unpaired) electrons. The molecular formula is C20H25F2NO2. The fraction of sp³-hybridized carbons (Fsp3) is 0.450. The number of carboxylic acids is 1. The summed E-state index contributed by atoms with van der Waals surface area (Å²) in [6.45, 7) is 2.20. The van der Waals surface area contributed by atoms with E-state index in [0.29, 0.717) is 0 Å². The lowest BCUT2D eigenvalue weighted by Crippen LogP contribution is -1.99. The van der Waals surface area contributed by atoms with Gasteiger partial charge >= 0.3 is 5.97 Å². The van der Waals surface area contributed by atoms with Crippen LogP contribution in [0.2, 0.25) is 0 Å². The fourth-order valence-corrected chi connectivity index (χ4v) is 2.95. The predicted molar refractivity (Wildman–Crippen MR) is 94.8 cm³/mol. The average Bonchev–Trinajstić information content (AvgIpc) is 2.96. The molecule has 0 saturated carbocycles. The summed E-state index contributed by atoms with van der Waals surface area (Å²) >= 11 is 0. The molecule has 0 saturated heterocycles. The van der Waals surface area contributed by atoms with Crippen LogP contribution in [-0.4, -0.2) is 16.1 Å². The highest BCUT2D eigenvalue weighted by molar-refractivity contribution is 5.87. The standard InChI is InChI=1S/C20H25F2NO2/c1-2-3-4-5-6-7-8-9-14-10-11-15(16(21)12-14)18-13-17(22)19(23-18)20(24)25/h10-13,23H,2-9H2,1H3,(H,24,25). The average molecular weight is 349 g/mol. The van der Waals surface area contributed by atoms with E-state index in [1.165, 1.54) is 38.2 Å². The van der Waals surface area contributed by atoms with Crippen molar-refractivity contribution in [2.24, 2.45) is 0 Å². The topological polar surface area (TPSA) is 53.1 Å². The van der Waals surface area contributed by atoms with Gasteiger partial charge in [0.25, 0.3) is 0 Å². The molecule has 0 aliphatic rings. The molecule has 0 spiro atoms. The first-order chi connectivity index (χ1) is 12.0. The number of carboxylic acid groups (broad SMARTS) is 1. The van der Waals surface area contributed by atoms with Crippen LogP contribution in [0.1, 0.15) is 67.9 Å². The van der Waals surface area contributed by atoms with Crippen LogP contribution < -0.4 is 0 Å². The quantitative estimate of drug-likeness (QED) is 0.521. The number of rotatable bonds is 10. The molecule has 1 aromatic carbocycles. The van der Waals surface area contributed by atoms with Gasteiger partial charge in [-0.05, 0) is 30.5 Å². The van der Waals surface area contributed by atoms with Gasteiger partial charge in [-0.25, -0.2) is 13.6 Å². The van der Waals surface area contributed by atoms with Crippen LogP contribution in [0.4, 0.5) is 8.78 Å². The first kappa shape index (κ1) is 19.2. The van der Waals surface area contributed by atoms with Crippen molar-refractivity contribution >= 4 is 5.97 Å². The summed E-state index contributed by atoms with van der Waals surface area (Å²) in [7, 11) is 0. The van der Waals surface area contributed by atoms with Crippen molar-refractivity contribution in [2.45, 2.75) is 58.3 Å². The van der Waals surface area contributed by atoms with Crippen LogP contribution in [0.15, 0.2) is 24.3 Å². The van der Waals surface area contributed by atoms with Crippen LogP contribution >= 0.6 is 0 Å². The van der Waals surface area contributed by atoms with Crippen molar-refractivity contribution in [3.63, 3.8) is 0 Å². The number of H-pyrrole nitrogens is 1. The number of benzene rings is 1. The van der Waals surface area contributed by atoms with E-state index in [1.807, 2.05) is 6.07 Å². The summed E-state index contributed by atoms with van der Waals surface area (Å²) in [5.41, 5.74) is 0.659. The van der Waals surface area contributed by atoms with Gasteiger partial charge in [-0.15, -0.1) is 0 Å². The van der Waals surface area contributed by atoms with Gasteiger partial charge in [0.2, 0.25) is 0 Å². The molecule has 0 fully saturated rings. The highest BCUT2D eigenvalue weighted by Crippen LogP contribution is 2.25. The highest BCUT2D eigenvalue weighted by atomic mass is 19.1. The second-order valence-electron chi connectivity index (χ2n) is 6.40. The Kier molecular flexibility index (Phi) is 7.16. The molecule has 0 bridgehead atoms. The molecule has 3 nitrogen and oxygen atoms in total. The minimum absolute atomic E-state index is 0.134. The molecular weight excluding hydrogens is 324 g/mol. The summed E-state index contributed by atoms with van der Waals surface area (Å²) in [5, 5.41) is 8.86. The highest BCUT2D eigenvalue weighted by Gasteiger charge is 2.17. The van der Waals surface area contributed by atoms with Crippen molar-refractivity contribution < 1.29 is 18.7 Å². The van der Waals surface area contributed by atoms with Crippen molar-refractivity contribution in [3.8, 4) is 11.3 Å². The minimum Gasteiger partial charge on any atom is -0.476 e. The van der Waals surface area contributed by atoms with E-state index >= 15 is 0 Å². The van der Waals surface area contributed by atoms with Crippen LogP contribution in [-0.2, 0) is 6.42 Å². The number of carbonyl (C=O) groups is 1. The summed E-state index contributed by atoms with van der Waals surface area (Å²) in [4.78, 5) is 13.3. The monoisotopic (exact) mass is 349 g/mol. The Labute approximate surface area is 147 Å². The van der Waals surface area contributed by atoms with Gasteiger partial charge in [-0.3, -0.25) is 0 Å². The molecule has 0 aliphatic heterocycles. The van der Waals surface area contributed by atoms with E-state index in [0.717, 1.165) is 30.9 Å². The van der Waals surface area contributed by atoms with E-state index in [9.17, 15) is 13.6 Å². The Hall–Kier alpha value is -2.17. The first-order valence-electron chi connectivity index (χ1n) is 8.93. The zero-order valence-corrected chi connectivity index (χ0v) is 14.6. The summed E-state index contributed by atoms with van der Waals surface area (Å²) in [6.07, 6.45) is 9.24. The molecule has 1 heterocycles. The van der Waals surface area contributed by atoms with Crippen LogP contribution in [0.3, 0.4) is 0 Å². The maximum atomic E-state index is 14.3. The lowest BCUT2D eigenvalue weighted by molar-refractivity contribution is 0.0686. The first-order valence-corrected chi connectivity index (χ1v) is 8.93. The number of aromatic amines is 1. The summed E-state index contributed by atoms with van der Waals surface area (Å²) < 4.78 is 27.8. The fourth-order valence-electron chi connectivity index (χ4n) is 2.95. The lowest BCUT2D eigenvalue weighted by Gasteiger charge is -2.06. The minimum atomic E-state index is -1.40. The van der Waals surface area contributed by atoms with Crippen molar-refractivity contribution in [3.05, 3.63) is 47.2 Å². The smallest absolute Gasteiger partial charge is 0.355 e. The number of unbranched alkanes of at least 4 members (excludes halogenated alkanes) is 6. The molecule has 2 N–H and O–H groups in total. The van der Waals surface area contributed by atoms with Crippen molar-refractivity contribution in [1.82, 2.24) is 4.98 Å². The van der Waals surface area contributed by atoms with Crippen LogP contribution in [0.25, 0.3) is 11.3 Å². The molecule has 0 amide bonds. The SMILES string of the molecule is CCCCCCCCCc1ccc(-c2cc(F)c(C(=O)O)[nH]2)c(F)c1. The number of hydrogen-bond donors (Lipinski definition) is 2. The van der Waals surface area contributed by atoms with Crippen molar-refractivity contribution in [1.29, 1.82) is 0 Å². The maximum absolute atomic E-state index is 14.3. The van der Waals surface area contributed by atoms with Gasteiger partial charge in [-0.2, -0.15) is 0 Å². The van der Waals surface area contributed by atoms with Gasteiger partial charge < -0.3 is 10.1 Å². The van der Waals surface area contributed by atoms with E-state index < -0.39 is 23.3 Å². The van der Waals surface area contributed by atoms with Gasteiger partial charge in [0, 0.05) is 11.6 Å². The Morgan fingerprint density at radius 1 is 1.00 bits per heavy atom. The van der Waals surface area contributed by atoms with Crippen molar-refractivity contribution in [2.75, 3.05) is 0 Å². The van der Waals surface area contributed by atoms with E-state index in [1.54, 1.807) is 6.07 Å². The number of aromatic carboxylic acids is 1. The largest absolute Gasteiger partial charge is 0.476 e. The second-order valence-corrected chi connectivity index (χ2v) is 6.40. The van der Waals surface area contributed by atoms with E-state index in [-0.39, 0.29) is 11.3 Å². The van der Waals surface area contributed by atoms with Gasteiger partial charge in [0.1, 0.15) is 5.82 Å². The lowest BCUT2D eigenvalue weighted by atomic mass is 10.0. The molecule has 5 heteroatoms. The second kappa shape index (κ2) is 9.35. The Balaban J connectivity index is 1.92. The zero-order valence-electron chi connectivity index (χ0n) is 14.6. The number of aryl methyl sites for hydroxylation is 1. The third kappa shape index (κ3) is 5.41. The van der Waals surface area contributed by atoms with Gasteiger partial charge in [0.05, 0.1) is 5.69 Å². The third-order valence-corrected chi connectivity index (χ3v) is 4.38.